The van der Waals surface area contributed by atoms with Gasteiger partial charge in [-0.25, -0.2) is 4.98 Å². The normalized spacial score (nSPS) is 15.0. The van der Waals surface area contributed by atoms with Crippen LogP contribution in [0, 0.1) is 0 Å². The van der Waals surface area contributed by atoms with E-state index in [2.05, 4.69) is 10.3 Å². The lowest BCUT2D eigenvalue weighted by molar-refractivity contribution is -0.115. The Bertz CT molecular complexity index is 416. The zero-order valence-corrected chi connectivity index (χ0v) is 9.53. The molecule has 16 heavy (non-hydrogen) atoms. The van der Waals surface area contributed by atoms with Gasteiger partial charge < -0.3 is 16.0 Å². The molecule has 0 fully saturated rings. The van der Waals surface area contributed by atoms with E-state index in [0.29, 0.717) is 13.1 Å². The summed E-state index contributed by atoms with van der Waals surface area (Å²) in [7, 11) is 0. The first-order chi connectivity index (χ1) is 7.61. The topological polar surface area (TPSA) is 71.2 Å². The van der Waals surface area contributed by atoms with Gasteiger partial charge in [-0.1, -0.05) is 0 Å². The van der Waals surface area contributed by atoms with Gasteiger partial charge in [0.2, 0.25) is 5.91 Å². The smallest absolute Gasteiger partial charge is 0.244 e. The first kappa shape index (κ1) is 10.9. The van der Waals surface area contributed by atoms with Gasteiger partial charge in [0.05, 0.1) is 12.2 Å². The van der Waals surface area contributed by atoms with Crippen LogP contribution >= 0.6 is 0 Å². The van der Waals surface area contributed by atoms with Crippen LogP contribution in [0.2, 0.25) is 0 Å². The maximum absolute atomic E-state index is 11.5. The van der Waals surface area contributed by atoms with Crippen molar-refractivity contribution in [3.05, 3.63) is 17.8 Å². The van der Waals surface area contributed by atoms with Crippen LogP contribution in [0.4, 0.5) is 11.5 Å². The minimum absolute atomic E-state index is 0.00262. The summed E-state index contributed by atoms with van der Waals surface area (Å²) < 4.78 is 0. The number of fused-ring (bicyclic) bond motifs is 1. The van der Waals surface area contributed by atoms with Gasteiger partial charge in [0.1, 0.15) is 0 Å². The fraction of sp³-hybridized carbons (Fsp3) is 0.455. The maximum atomic E-state index is 11.5. The first-order valence-corrected chi connectivity index (χ1v) is 5.37. The van der Waals surface area contributed by atoms with Gasteiger partial charge in [-0.3, -0.25) is 4.79 Å². The Morgan fingerprint density at radius 3 is 3.00 bits per heavy atom. The van der Waals surface area contributed by atoms with Gasteiger partial charge in [-0.05, 0) is 25.5 Å². The molecule has 1 amide bonds. The number of aromatic nitrogens is 1. The molecule has 2 heterocycles. The zero-order valence-electron chi connectivity index (χ0n) is 9.53. The van der Waals surface area contributed by atoms with Crippen molar-refractivity contribution in [3.63, 3.8) is 0 Å². The number of hydrogen-bond acceptors (Lipinski definition) is 4. The molecule has 2 rings (SSSR count). The molecule has 5 nitrogen and oxygen atoms in total. The number of carbonyl (C=O) groups excluding carboxylic acids is 1. The molecule has 5 heteroatoms. The number of hydrogen-bond donors (Lipinski definition) is 2. The summed E-state index contributed by atoms with van der Waals surface area (Å²) in [5, 5.41) is 2.82. The SMILES string of the molecule is CC(C)N1CC(=O)Nc2cc(CN)cnc21. The van der Waals surface area contributed by atoms with Crippen LogP contribution in [0.1, 0.15) is 19.4 Å². The molecule has 1 aromatic heterocycles. The molecular weight excluding hydrogens is 204 g/mol. The molecule has 1 aliphatic rings. The van der Waals surface area contributed by atoms with Gasteiger partial charge in [0.25, 0.3) is 0 Å². The summed E-state index contributed by atoms with van der Waals surface area (Å²) in [4.78, 5) is 17.9. The van der Waals surface area contributed by atoms with Crippen LogP contribution in [0.5, 0.6) is 0 Å². The second-order valence-electron chi connectivity index (χ2n) is 4.19. The Morgan fingerprint density at radius 2 is 2.38 bits per heavy atom. The highest BCUT2D eigenvalue weighted by atomic mass is 16.2. The van der Waals surface area contributed by atoms with Gasteiger partial charge in [-0.2, -0.15) is 0 Å². The Balaban J connectivity index is 2.43. The van der Waals surface area contributed by atoms with E-state index in [9.17, 15) is 4.79 Å². The summed E-state index contributed by atoms with van der Waals surface area (Å²) in [6.45, 7) is 4.87. The van der Waals surface area contributed by atoms with Gasteiger partial charge >= 0.3 is 0 Å². The molecule has 0 saturated carbocycles. The second kappa shape index (κ2) is 4.09. The van der Waals surface area contributed by atoms with Crippen LogP contribution in [-0.2, 0) is 11.3 Å². The highest BCUT2D eigenvalue weighted by molar-refractivity contribution is 6.00. The molecule has 0 bridgehead atoms. The fourth-order valence-electron chi connectivity index (χ4n) is 1.78. The molecule has 0 radical (unpaired) electrons. The number of nitrogens with one attached hydrogen (secondary N) is 1. The molecule has 86 valence electrons. The van der Waals surface area contributed by atoms with E-state index in [-0.39, 0.29) is 11.9 Å². The second-order valence-corrected chi connectivity index (χ2v) is 4.19. The predicted octanol–water partition coefficient (Wildman–Crippen LogP) is 0.707. The summed E-state index contributed by atoms with van der Waals surface area (Å²) in [6.07, 6.45) is 1.76. The standard InChI is InChI=1S/C11H16N4O/c1-7(2)15-6-10(16)14-9-3-8(4-12)5-13-11(9)15/h3,5,7H,4,6,12H2,1-2H3,(H,14,16). The Hall–Kier alpha value is -1.62. The third-order valence-corrected chi connectivity index (χ3v) is 2.64. The lowest BCUT2D eigenvalue weighted by Crippen LogP contribution is -2.42. The average Bonchev–Trinajstić information content (AvgIpc) is 2.26. The molecule has 0 aromatic carbocycles. The number of carbonyl (C=O) groups is 1. The molecule has 0 saturated heterocycles. The Morgan fingerprint density at radius 1 is 1.62 bits per heavy atom. The van der Waals surface area contributed by atoms with Crippen molar-refractivity contribution >= 4 is 17.4 Å². The number of rotatable bonds is 2. The van der Waals surface area contributed by atoms with E-state index in [4.69, 9.17) is 5.73 Å². The van der Waals surface area contributed by atoms with E-state index in [1.165, 1.54) is 0 Å². The molecule has 0 unspecified atom stereocenters. The van der Waals surface area contributed by atoms with E-state index < -0.39 is 0 Å². The first-order valence-electron chi connectivity index (χ1n) is 5.37. The number of pyridine rings is 1. The van der Waals surface area contributed by atoms with Crippen molar-refractivity contribution < 1.29 is 4.79 Å². The summed E-state index contributed by atoms with van der Waals surface area (Å²) in [5.41, 5.74) is 7.22. The van der Waals surface area contributed by atoms with Crippen LogP contribution in [0.15, 0.2) is 12.3 Å². The van der Waals surface area contributed by atoms with Crippen LogP contribution in [0.25, 0.3) is 0 Å². The molecule has 0 spiro atoms. The molecule has 1 aromatic rings. The van der Waals surface area contributed by atoms with Crippen molar-refractivity contribution in [2.45, 2.75) is 26.4 Å². The highest BCUT2D eigenvalue weighted by Crippen LogP contribution is 2.28. The van der Waals surface area contributed by atoms with Crippen LogP contribution in [0.3, 0.4) is 0 Å². The third kappa shape index (κ3) is 1.86. The molecule has 1 aliphatic heterocycles. The highest BCUT2D eigenvalue weighted by Gasteiger charge is 2.25. The quantitative estimate of drug-likeness (QED) is 0.770. The molecule has 3 N–H and O–H groups in total. The Kier molecular flexibility index (Phi) is 2.78. The van der Waals surface area contributed by atoms with E-state index in [1.54, 1.807) is 6.20 Å². The molecular formula is C11H16N4O. The zero-order chi connectivity index (χ0) is 11.7. The van der Waals surface area contributed by atoms with Crippen molar-refractivity contribution in [2.24, 2.45) is 5.73 Å². The van der Waals surface area contributed by atoms with Gasteiger partial charge in [0, 0.05) is 18.8 Å². The van der Waals surface area contributed by atoms with Crippen molar-refractivity contribution in [2.75, 3.05) is 16.8 Å². The van der Waals surface area contributed by atoms with Crippen LogP contribution < -0.4 is 16.0 Å². The number of nitrogens with zero attached hydrogens (tertiary/aromatic N) is 2. The number of nitrogens with two attached hydrogens (primary N) is 1. The summed E-state index contributed by atoms with van der Waals surface area (Å²) >= 11 is 0. The molecule has 0 atom stereocenters. The maximum Gasteiger partial charge on any atom is 0.244 e. The lowest BCUT2D eigenvalue weighted by Gasteiger charge is -2.32. The van der Waals surface area contributed by atoms with E-state index in [0.717, 1.165) is 17.1 Å². The largest absolute Gasteiger partial charge is 0.343 e. The van der Waals surface area contributed by atoms with Gasteiger partial charge in [0.15, 0.2) is 5.82 Å². The minimum atomic E-state index is -0.00262. The third-order valence-electron chi connectivity index (χ3n) is 2.64. The van der Waals surface area contributed by atoms with Crippen molar-refractivity contribution in [3.8, 4) is 0 Å². The van der Waals surface area contributed by atoms with Crippen molar-refractivity contribution in [1.82, 2.24) is 4.98 Å². The van der Waals surface area contributed by atoms with Crippen molar-refractivity contribution in [1.29, 1.82) is 0 Å². The lowest BCUT2D eigenvalue weighted by atomic mass is 10.2. The minimum Gasteiger partial charge on any atom is -0.343 e. The van der Waals surface area contributed by atoms with E-state index >= 15 is 0 Å². The monoisotopic (exact) mass is 220 g/mol. The Labute approximate surface area is 94.6 Å². The fourth-order valence-corrected chi connectivity index (χ4v) is 1.78. The number of amides is 1. The van der Waals surface area contributed by atoms with Gasteiger partial charge in [-0.15, -0.1) is 0 Å². The number of anilines is 2. The van der Waals surface area contributed by atoms with Crippen LogP contribution in [-0.4, -0.2) is 23.5 Å². The summed E-state index contributed by atoms with van der Waals surface area (Å²) in [6, 6.07) is 2.13. The van der Waals surface area contributed by atoms with E-state index in [1.807, 2.05) is 24.8 Å². The predicted molar refractivity (Wildman–Crippen MR) is 63.2 cm³/mol. The average molecular weight is 220 g/mol. The molecule has 0 aliphatic carbocycles. The summed E-state index contributed by atoms with van der Waals surface area (Å²) in [5.74, 6) is 0.823.